The van der Waals surface area contributed by atoms with Crippen LogP contribution in [0.4, 0.5) is 0 Å². The van der Waals surface area contributed by atoms with Crippen LogP contribution in [0.15, 0.2) is 54.6 Å². The van der Waals surface area contributed by atoms with Crippen molar-refractivity contribution in [3.8, 4) is 11.1 Å². The van der Waals surface area contributed by atoms with E-state index < -0.39 is 11.9 Å². The first-order valence-corrected chi connectivity index (χ1v) is 6.71. The molecule has 22 heavy (non-hydrogen) atoms. The predicted molar refractivity (Wildman–Crippen MR) is 84.5 cm³/mol. The van der Waals surface area contributed by atoms with E-state index in [0.717, 1.165) is 22.3 Å². The molecular weight excluding hydrogens is 280 g/mol. The summed E-state index contributed by atoms with van der Waals surface area (Å²) in [4.78, 5) is 22.4. The van der Waals surface area contributed by atoms with Crippen LogP contribution in [-0.2, 0) is 9.53 Å². The number of hydrogen-bond donors (Lipinski definition) is 1. The largest absolute Gasteiger partial charge is 0.478 e. The minimum Gasteiger partial charge on any atom is -0.478 e. The van der Waals surface area contributed by atoms with E-state index in [1.807, 2.05) is 37.3 Å². The monoisotopic (exact) mass is 296 g/mol. The van der Waals surface area contributed by atoms with Crippen molar-refractivity contribution in [2.45, 2.75) is 6.92 Å². The third-order valence-corrected chi connectivity index (χ3v) is 3.30. The number of carboxylic acids is 1. The normalized spacial score (nSPS) is 11.1. The smallest absolute Gasteiger partial charge is 0.335 e. The van der Waals surface area contributed by atoms with Crippen LogP contribution >= 0.6 is 0 Å². The Morgan fingerprint density at radius 1 is 1.00 bits per heavy atom. The molecule has 0 amide bonds. The standard InChI is InChI=1S/C18H16O4/c1-12(9-17(19)22-2)13-5-3-6-14(10-13)15-7-4-8-16(11-15)18(20)21/h3-11H,1-2H3,(H,20,21)/b12-9+. The minimum absolute atomic E-state index is 0.240. The van der Waals surface area contributed by atoms with Gasteiger partial charge in [-0.05, 0) is 47.4 Å². The van der Waals surface area contributed by atoms with Gasteiger partial charge in [-0.2, -0.15) is 0 Å². The maximum Gasteiger partial charge on any atom is 0.335 e. The summed E-state index contributed by atoms with van der Waals surface area (Å²) < 4.78 is 4.62. The van der Waals surface area contributed by atoms with Crippen molar-refractivity contribution in [2.24, 2.45) is 0 Å². The number of carboxylic acid groups (broad SMARTS) is 1. The fourth-order valence-electron chi connectivity index (χ4n) is 2.09. The van der Waals surface area contributed by atoms with Crippen molar-refractivity contribution in [1.29, 1.82) is 0 Å². The molecule has 0 aliphatic heterocycles. The molecule has 2 aromatic rings. The number of allylic oxidation sites excluding steroid dienone is 1. The summed E-state index contributed by atoms with van der Waals surface area (Å²) in [5.41, 5.74) is 3.60. The molecule has 0 saturated heterocycles. The van der Waals surface area contributed by atoms with Gasteiger partial charge in [-0.25, -0.2) is 9.59 Å². The number of hydrogen-bond acceptors (Lipinski definition) is 3. The van der Waals surface area contributed by atoms with E-state index in [1.165, 1.54) is 13.2 Å². The molecule has 0 aliphatic rings. The molecule has 1 N–H and O–H groups in total. The second kappa shape index (κ2) is 6.72. The van der Waals surface area contributed by atoms with Gasteiger partial charge in [0.15, 0.2) is 0 Å². The van der Waals surface area contributed by atoms with Gasteiger partial charge in [0.2, 0.25) is 0 Å². The second-order valence-corrected chi connectivity index (χ2v) is 4.82. The highest BCUT2D eigenvalue weighted by Gasteiger charge is 2.06. The van der Waals surface area contributed by atoms with E-state index in [9.17, 15) is 9.59 Å². The average Bonchev–Trinajstić information content (AvgIpc) is 2.54. The van der Waals surface area contributed by atoms with Gasteiger partial charge in [-0.3, -0.25) is 0 Å². The van der Waals surface area contributed by atoms with E-state index in [-0.39, 0.29) is 5.56 Å². The molecule has 0 heterocycles. The van der Waals surface area contributed by atoms with Gasteiger partial charge in [0.05, 0.1) is 12.7 Å². The van der Waals surface area contributed by atoms with Crippen molar-refractivity contribution in [2.75, 3.05) is 7.11 Å². The number of carbonyl (C=O) groups excluding carboxylic acids is 1. The Kier molecular flexibility index (Phi) is 4.73. The van der Waals surface area contributed by atoms with Gasteiger partial charge in [0, 0.05) is 6.08 Å². The summed E-state index contributed by atoms with van der Waals surface area (Å²) in [6.45, 7) is 1.82. The van der Waals surface area contributed by atoms with Crippen LogP contribution in [0.3, 0.4) is 0 Å². The lowest BCUT2D eigenvalue weighted by molar-refractivity contribution is -0.134. The number of methoxy groups -OCH3 is 1. The first kappa shape index (κ1) is 15.5. The molecule has 0 aromatic heterocycles. The predicted octanol–water partition coefficient (Wildman–Crippen LogP) is 3.63. The Morgan fingerprint density at radius 2 is 1.55 bits per heavy atom. The molecule has 0 unspecified atom stereocenters. The molecule has 0 spiro atoms. The third kappa shape index (κ3) is 3.61. The number of carbonyl (C=O) groups is 2. The zero-order valence-corrected chi connectivity index (χ0v) is 12.4. The summed E-state index contributed by atoms with van der Waals surface area (Å²) in [7, 11) is 1.33. The van der Waals surface area contributed by atoms with Gasteiger partial charge in [0.1, 0.15) is 0 Å². The molecule has 112 valence electrons. The summed E-state index contributed by atoms with van der Waals surface area (Å²) in [5, 5.41) is 9.06. The Morgan fingerprint density at radius 3 is 2.09 bits per heavy atom. The summed E-state index contributed by atoms with van der Waals surface area (Å²) in [6.07, 6.45) is 1.42. The van der Waals surface area contributed by atoms with Gasteiger partial charge in [-0.15, -0.1) is 0 Å². The van der Waals surface area contributed by atoms with Crippen molar-refractivity contribution >= 4 is 17.5 Å². The molecule has 0 saturated carbocycles. The maximum atomic E-state index is 11.3. The summed E-state index contributed by atoms with van der Waals surface area (Å²) in [6, 6.07) is 14.3. The van der Waals surface area contributed by atoms with Gasteiger partial charge in [0.25, 0.3) is 0 Å². The molecule has 0 radical (unpaired) electrons. The van der Waals surface area contributed by atoms with Crippen LogP contribution in [0, 0.1) is 0 Å². The molecule has 0 atom stereocenters. The maximum absolute atomic E-state index is 11.3. The van der Waals surface area contributed by atoms with Crippen LogP contribution in [0.5, 0.6) is 0 Å². The van der Waals surface area contributed by atoms with Crippen LogP contribution in [0.2, 0.25) is 0 Å². The molecule has 0 bridgehead atoms. The van der Waals surface area contributed by atoms with Crippen LogP contribution in [0.25, 0.3) is 16.7 Å². The van der Waals surface area contributed by atoms with E-state index in [0.29, 0.717) is 0 Å². The lowest BCUT2D eigenvalue weighted by atomic mass is 9.98. The lowest BCUT2D eigenvalue weighted by Crippen LogP contribution is -1.96. The number of benzene rings is 2. The Labute approximate surface area is 128 Å². The van der Waals surface area contributed by atoms with E-state index in [2.05, 4.69) is 4.74 Å². The van der Waals surface area contributed by atoms with Gasteiger partial charge in [-0.1, -0.05) is 30.3 Å². The molecule has 0 aliphatic carbocycles. The Hall–Kier alpha value is -2.88. The van der Waals surface area contributed by atoms with Crippen LogP contribution in [-0.4, -0.2) is 24.2 Å². The quantitative estimate of drug-likeness (QED) is 0.691. The van der Waals surface area contributed by atoms with Crippen LogP contribution in [0.1, 0.15) is 22.8 Å². The lowest BCUT2D eigenvalue weighted by Gasteiger charge is -2.07. The fraction of sp³-hybridized carbons (Fsp3) is 0.111. The average molecular weight is 296 g/mol. The zero-order valence-electron chi connectivity index (χ0n) is 12.4. The molecule has 0 fully saturated rings. The second-order valence-electron chi connectivity index (χ2n) is 4.82. The highest BCUT2D eigenvalue weighted by molar-refractivity contribution is 5.92. The van der Waals surface area contributed by atoms with Crippen LogP contribution < -0.4 is 0 Å². The number of ether oxygens (including phenoxy) is 1. The highest BCUT2D eigenvalue weighted by atomic mass is 16.5. The molecule has 4 heteroatoms. The van der Waals surface area contributed by atoms with E-state index >= 15 is 0 Å². The van der Waals surface area contributed by atoms with Gasteiger partial charge < -0.3 is 9.84 Å². The Bertz CT molecular complexity index is 744. The third-order valence-electron chi connectivity index (χ3n) is 3.30. The summed E-state index contributed by atoms with van der Waals surface area (Å²) >= 11 is 0. The molecule has 4 nitrogen and oxygen atoms in total. The van der Waals surface area contributed by atoms with Gasteiger partial charge >= 0.3 is 11.9 Å². The van der Waals surface area contributed by atoms with Crippen molar-refractivity contribution in [1.82, 2.24) is 0 Å². The first-order valence-electron chi connectivity index (χ1n) is 6.71. The van der Waals surface area contributed by atoms with Crippen molar-refractivity contribution in [3.63, 3.8) is 0 Å². The van der Waals surface area contributed by atoms with E-state index in [4.69, 9.17) is 5.11 Å². The Balaban J connectivity index is 2.40. The van der Waals surface area contributed by atoms with Crippen molar-refractivity contribution < 1.29 is 19.4 Å². The number of esters is 1. The SMILES string of the molecule is COC(=O)/C=C(\C)c1cccc(-c2cccc(C(=O)O)c2)c1. The highest BCUT2D eigenvalue weighted by Crippen LogP contribution is 2.24. The van der Waals surface area contributed by atoms with Crippen molar-refractivity contribution in [3.05, 3.63) is 65.7 Å². The molecular formula is C18H16O4. The number of rotatable bonds is 4. The zero-order chi connectivity index (χ0) is 16.1. The minimum atomic E-state index is -0.959. The number of aromatic carboxylic acids is 1. The topological polar surface area (TPSA) is 63.6 Å². The first-order chi connectivity index (χ1) is 10.5. The fourth-order valence-corrected chi connectivity index (χ4v) is 2.09. The molecule has 2 aromatic carbocycles. The van der Waals surface area contributed by atoms with E-state index in [1.54, 1.807) is 18.2 Å². The molecule has 2 rings (SSSR count). The summed E-state index contributed by atoms with van der Waals surface area (Å²) in [5.74, 6) is -1.37.